The zero-order chi connectivity index (χ0) is 17.0. The molecule has 4 nitrogen and oxygen atoms in total. The van der Waals surface area contributed by atoms with Crippen molar-refractivity contribution >= 4 is 11.9 Å². The minimum Gasteiger partial charge on any atom is -0.467 e. The van der Waals surface area contributed by atoms with Gasteiger partial charge in [0.15, 0.2) is 0 Å². The highest BCUT2D eigenvalue weighted by molar-refractivity contribution is 5.89. The van der Waals surface area contributed by atoms with E-state index >= 15 is 0 Å². The summed E-state index contributed by atoms with van der Waals surface area (Å²) in [7, 11) is 1.40. The average Bonchev–Trinajstić information content (AvgIpc) is 2.61. The third kappa shape index (κ3) is 3.63. The molecule has 0 saturated heterocycles. The number of ether oxygens (including phenoxy) is 1. The van der Waals surface area contributed by atoms with Crippen LogP contribution >= 0.6 is 0 Å². The van der Waals surface area contributed by atoms with E-state index in [1.807, 2.05) is 0 Å². The number of hydrogen-bond donors (Lipinski definition) is 1. The predicted octanol–water partition coefficient (Wildman–Crippen LogP) is 3.10. The van der Waals surface area contributed by atoms with Gasteiger partial charge in [-0.2, -0.15) is 0 Å². The summed E-state index contributed by atoms with van der Waals surface area (Å²) in [4.78, 5) is 24.8. The number of esters is 1. The first-order chi connectivity index (χ1) is 11.6. The molecule has 0 spiro atoms. The summed E-state index contributed by atoms with van der Waals surface area (Å²) in [6.45, 7) is 0. The molecule has 130 valence electrons. The number of carbonyl (C=O) groups excluding carboxylic acids is 2. The topological polar surface area (TPSA) is 55.4 Å². The molecule has 3 rings (SSSR count). The highest BCUT2D eigenvalue weighted by Gasteiger charge is 2.41. The number of benzene rings is 1. The standard InChI is InChI=1S/C20H27NO3/c1-24-19(23)20(11-5-2-6-12-20)21-18(22)14-15-9-10-16-7-3-4-8-17(16)13-15/h9-10,13H,2-8,11-12,14H2,1H3,(H,21,22). The molecule has 0 bridgehead atoms. The molecular formula is C20H27NO3. The van der Waals surface area contributed by atoms with Crippen LogP contribution in [0.25, 0.3) is 0 Å². The van der Waals surface area contributed by atoms with Gasteiger partial charge in [-0.25, -0.2) is 4.79 Å². The third-order valence-electron chi connectivity index (χ3n) is 5.44. The van der Waals surface area contributed by atoms with Crippen molar-refractivity contribution in [1.82, 2.24) is 5.32 Å². The van der Waals surface area contributed by atoms with Crippen molar-refractivity contribution in [2.75, 3.05) is 7.11 Å². The first kappa shape index (κ1) is 17.0. The first-order valence-electron chi connectivity index (χ1n) is 9.13. The molecule has 0 radical (unpaired) electrons. The lowest BCUT2D eigenvalue weighted by atomic mass is 9.81. The Hall–Kier alpha value is -1.84. The maximum atomic E-state index is 12.6. The van der Waals surface area contributed by atoms with Crippen LogP contribution in [0, 0.1) is 0 Å². The van der Waals surface area contributed by atoms with Gasteiger partial charge < -0.3 is 10.1 Å². The van der Waals surface area contributed by atoms with E-state index in [4.69, 9.17) is 4.74 Å². The van der Waals surface area contributed by atoms with Crippen LogP contribution in [-0.4, -0.2) is 24.5 Å². The van der Waals surface area contributed by atoms with Gasteiger partial charge in [0.25, 0.3) is 0 Å². The van der Waals surface area contributed by atoms with Crippen LogP contribution in [-0.2, 0) is 33.6 Å². The van der Waals surface area contributed by atoms with Gasteiger partial charge in [0.05, 0.1) is 13.5 Å². The molecule has 4 heteroatoms. The molecular weight excluding hydrogens is 302 g/mol. The highest BCUT2D eigenvalue weighted by atomic mass is 16.5. The molecule has 0 atom stereocenters. The lowest BCUT2D eigenvalue weighted by molar-refractivity contribution is -0.152. The number of methoxy groups -OCH3 is 1. The molecule has 0 aromatic heterocycles. The lowest BCUT2D eigenvalue weighted by Crippen LogP contribution is -2.56. The Morgan fingerprint density at radius 3 is 2.46 bits per heavy atom. The number of hydrogen-bond acceptors (Lipinski definition) is 3. The zero-order valence-corrected chi connectivity index (χ0v) is 14.5. The fourth-order valence-corrected chi connectivity index (χ4v) is 4.12. The molecule has 1 fully saturated rings. The summed E-state index contributed by atoms with van der Waals surface area (Å²) in [5, 5.41) is 3.00. The fraction of sp³-hybridized carbons (Fsp3) is 0.600. The number of amides is 1. The molecule has 1 saturated carbocycles. The average molecular weight is 329 g/mol. The van der Waals surface area contributed by atoms with Gasteiger partial charge in [-0.15, -0.1) is 0 Å². The Bertz CT molecular complexity index is 617. The number of carbonyl (C=O) groups is 2. The molecule has 1 amide bonds. The van der Waals surface area contributed by atoms with Gasteiger partial charge in [-0.3, -0.25) is 4.79 Å². The molecule has 0 unspecified atom stereocenters. The quantitative estimate of drug-likeness (QED) is 0.864. The fourth-order valence-electron chi connectivity index (χ4n) is 4.12. The molecule has 1 aromatic carbocycles. The number of rotatable bonds is 4. The number of nitrogens with one attached hydrogen (secondary N) is 1. The Morgan fingerprint density at radius 1 is 1.04 bits per heavy atom. The Balaban J connectivity index is 1.68. The van der Waals surface area contributed by atoms with E-state index in [1.54, 1.807) is 0 Å². The van der Waals surface area contributed by atoms with Crippen molar-refractivity contribution in [2.45, 2.75) is 69.7 Å². The second-order valence-electron chi connectivity index (χ2n) is 7.17. The molecule has 1 aromatic rings. The van der Waals surface area contributed by atoms with Crippen molar-refractivity contribution in [3.63, 3.8) is 0 Å². The van der Waals surface area contributed by atoms with Crippen LogP contribution in [0.3, 0.4) is 0 Å². The third-order valence-corrected chi connectivity index (χ3v) is 5.44. The van der Waals surface area contributed by atoms with Crippen molar-refractivity contribution in [3.8, 4) is 0 Å². The van der Waals surface area contributed by atoms with E-state index < -0.39 is 5.54 Å². The van der Waals surface area contributed by atoms with E-state index in [-0.39, 0.29) is 11.9 Å². The van der Waals surface area contributed by atoms with Gasteiger partial charge in [0, 0.05) is 0 Å². The van der Waals surface area contributed by atoms with Crippen LogP contribution < -0.4 is 5.32 Å². The maximum Gasteiger partial charge on any atom is 0.331 e. The summed E-state index contributed by atoms with van der Waals surface area (Å²) in [5.74, 6) is -0.390. The first-order valence-corrected chi connectivity index (χ1v) is 9.13. The van der Waals surface area contributed by atoms with E-state index in [2.05, 4.69) is 23.5 Å². The largest absolute Gasteiger partial charge is 0.467 e. The normalized spacial score (nSPS) is 19.2. The molecule has 0 aliphatic heterocycles. The summed E-state index contributed by atoms with van der Waals surface area (Å²) in [5.41, 5.74) is 3.01. The van der Waals surface area contributed by atoms with Crippen LogP contribution in [0.1, 0.15) is 61.6 Å². The van der Waals surface area contributed by atoms with Crippen LogP contribution in [0.5, 0.6) is 0 Å². The van der Waals surface area contributed by atoms with Crippen LogP contribution in [0.2, 0.25) is 0 Å². The van der Waals surface area contributed by atoms with Crippen LogP contribution in [0.4, 0.5) is 0 Å². The molecule has 0 heterocycles. The summed E-state index contributed by atoms with van der Waals surface area (Å²) in [6.07, 6.45) is 9.44. The molecule has 1 N–H and O–H groups in total. The highest BCUT2D eigenvalue weighted by Crippen LogP contribution is 2.29. The Morgan fingerprint density at radius 2 is 1.75 bits per heavy atom. The van der Waals surface area contributed by atoms with Crippen molar-refractivity contribution < 1.29 is 14.3 Å². The van der Waals surface area contributed by atoms with E-state index in [0.717, 1.165) is 37.7 Å². The lowest BCUT2D eigenvalue weighted by Gasteiger charge is -2.35. The Labute approximate surface area is 144 Å². The number of fused-ring (bicyclic) bond motifs is 1. The summed E-state index contributed by atoms with van der Waals surface area (Å²) < 4.78 is 4.96. The minimum absolute atomic E-state index is 0.0851. The smallest absolute Gasteiger partial charge is 0.331 e. The SMILES string of the molecule is COC(=O)C1(NC(=O)Cc2ccc3c(c2)CCCC3)CCCCC1. The monoisotopic (exact) mass is 329 g/mol. The minimum atomic E-state index is -0.821. The van der Waals surface area contributed by atoms with Crippen molar-refractivity contribution in [3.05, 3.63) is 34.9 Å². The van der Waals surface area contributed by atoms with E-state index in [0.29, 0.717) is 19.3 Å². The molecule has 24 heavy (non-hydrogen) atoms. The summed E-state index contributed by atoms with van der Waals surface area (Å²) in [6, 6.07) is 6.38. The summed E-state index contributed by atoms with van der Waals surface area (Å²) >= 11 is 0. The van der Waals surface area contributed by atoms with Crippen molar-refractivity contribution in [1.29, 1.82) is 0 Å². The van der Waals surface area contributed by atoms with E-state index in [9.17, 15) is 9.59 Å². The van der Waals surface area contributed by atoms with Gasteiger partial charge in [0.1, 0.15) is 5.54 Å². The zero-order valence-electron chi connectivity index (χ0n) is 14.5. The molecule has 2 aliphatic carbocycles. The number of aryl methyl sites for hydroxylation is 2. The van der Waals surface area contributed by atoms with Crippen molar-refractivity contribution in [2.24, 2.45) is 0 Å². The predicted molar refractivity (Wildman–Crippen MR) is 92.8 cm³/mol. The van der Waals surface area contributed by atoms with Gasteiger partial charge in [-0.05, 0) is 55.2 Å². The second-order valence-corrected chi connectivity index (χ2v) is 7.17. The molecule has 2 aliphatic rings. The Kier molecular flexibility index (Phi) is 5.22. The van der Waals surface area contributed by atoms with Crippen LogP contribution in [0.15, 0.2) is 18.2 Å². The van der Waals surface area contributed by atoms with Gasteiger partial charge in [0.2, 0.25) is 5.91 Å². The van der Waals surface area contributed by atoms with E-state index in [1.165, 1.54) is 31.1 Å². The second kappa shape index (κ2) is 7.37. The maximum absolute atomic E-state index is 12.6. The van der Waals surface area contributed by atoms with Gasteiger partial charge in [-0.1, -0.05) is 37.5 Å². The van der Waals surface area contributed by atoms with Gasteiger partial charge >= 0.3 is 5.97 Å².